The number of benzene rings is 1. The number of nitrogens with zero attached hydrogens (tertiary/aromatic N) is 3. The molecule has 25 heavy (non-hydrogen) atoms. The van der Waals surface area contributed by atoms with Gasteiger partial charge in [-0.05, 0) is 31.5 Å². The van der Waals surface area contributed by atoms with E-state index in [1.54, 1.807) is 6.92 Å². The summed E-state index contributed by atoms with van der Waals surface area (Å²) in [5, 5.41) is 3.79. The first-order valence-corrected chi connectivity index (χ1v) is 8.22. The fraction of sp³-hybridized carbons (Fsp3) is 0.400. The van der Waals surface area contributed by atoms with Crippen LogP contribution in [0.1, 0.15) is 12.5 Å². The van der Waals surface area contributed by atoms with Gasteiger partial charge in [-0.25, -0.2) is 13.9 Å². The zero-order valence-electron chi connectivity index (χ0n) is 13.6. The number of halogens is 4. The lowest BCUT2D eigenvalue weighted by molar-refractivity contribution is -0.105. The summed E-state index contributed by atoms with van der Waals surface area (Å²) in [5.41, 5.74) is -1.69. The largest absolute Gasteiger partial charge is 0.398 e. The maximum atomic E-state index is 14.3. The second kappa shape index (κ2) is 7.03. The number of aryl methyl sites for hydroxylation is 2. The average Bonchev–Trinajstić information content (AvgIpc) is 2.50. The Morgan fingerprint density at radius 1 is 1.24 bits per heavy atom. The summed E-state index contributed by atoms with van der Waals surface area (Å²) in [7, 11) is 1.31. The summed E-state index contributed by atoms with van der Waals surface area (Å²) in [6, 6.07) is 2.21. The molecule has 1 heterocycles. The third-order valence-electron chi connectivity index (χ3n) is 3.43. The molecule has 0 spiro atoms. The number of alkyl halides is 3. The van der Waals surface area contributed by atoms with Crippen LogP contribution in [0.5, 0.6) is 0 Å². The Labute approximate surface area is 144 Å². The molecule has 0 N–H and O–H groups in total. The molecule has 0 saturated carbocycles. The van der Waals surface area contributed by atoms with Gasteiger partial charge in [-0.1, -0.05) is 0 Å². The van der Waals surface area contributed by atoms with Gasteiger partial charge in [0, 0.05) is 24.1 Å². The molecule has 1 aromatic heterocycles. The lowest BCUT2D eigenvalue weighted by atomic mass is 10.1. The van der Waals surface area contributed by atoms with Crippen LogP contribution in [0.15, 0.2) is 26.6 Å². The summed E-state index contributed by atoms with van der Waals surface area (Å²) in [5.74, 6) is -1.93. The molecular weight excluding hydrogens is 362 g/mol. The van der Waals surface area contributed by atoms with Gasteiger partial charge in [-0.15, -0.1) is 11.8 Å². The maximum absolute atomic E-state index is 14.3. The van der Waals surface area contributed by atoms with Gasteiger partial charge in [-0.3, -0.25) is 9.36 Å². The molecule has 10 heteroatoms. The van der Waals surface area contributed by atoms with Crippen molar-refractivity contribution in [1.29, 1.82) is 0 Å². The SMILES string of the molecule is CCn1c(=O)c(-c2cc(SCC(F)(F)F)c(C)cc2F)nn(C)c1=O. The van der Waals surface area contributed by atoms with Gasteiger partial charge in [0.05, 0.1) is 5.75 Å². The van der Waals surface area contributed by atoms with E-state index in [1.165, 1.54) is 14.0 Å². The van der Waals surface area contributed by atoms with Gasteiger partial charge in [0.2, 0.25) is 0 Å². The van der Waals surface area contributed by atoms with Crippen molar-refractivity contribution in [2.24, 2.45) is 7.05 Å². The predicted octanol–water partition coefficient (Wildman–Crippen LogP) is 2.73. The first-order chi connectivity index (χ1) is 11.5. The molecule has 0 atom stereocenters. The topological polar surface area (TPSA) is 56.9 Å². The van der Waals surface area contributed by atoms with Gasteiger partial charge >= 0.3 is 11.9 Å². The predicted molar refractivity (Wildman–Crippen MR) is 86.3 cm³/mol. The van der Waals surface area contributed by atoms with Crippen molar-refractivity contribution < 1.29 is 17.6 Å². The van der Waals surface area contributed by atoms with Crippen LogP contribution < -0.4 is 11.2 Å². The van der Waals surface area contributed by atoms with E-state index in [4.69, 9.17) is 0 Å². The van der Waals surface area contributed by atoms with E-state index in [9.17, 15) is 27.2 Å². The molecule has 0 unspecified atom stereocenters. The Balaban J connectivity index is 2.62. The van der Waals surface area contributed by atoms with Gasteiger partial charge in [-0.2, -0.15) is 18.3 Å². The second-order valence-corrected chi connectivity index (χ2v) is 6.32. The number of thioether (sulfide) groups is 1. The van der Waals surface area contributed by atoms with Crippen molar-refractivity contribution in [3.8, 4) is 11.3 Å². The van der Waals surface area contributed by atoms with E-state index < -0.39 is 29.0 Å². The monoisotopic (exact) mass is 377 g/mol. The van der Waals surface area contributed by atoms with E-state index in [-0.39, 0.29) is 22.7 Å². The molecule has 0 bridgehead atoms. The summed E-state index contributed by atoms with van der Waals surface area (Å²) in [6.45, 7) is 3.11. The third kappa shape index (κ3) is 4.12. The molecule has 0 amide bonds. The lowest BCUT2D eigenvalue weighted by Crippen LogP contribution is -2.41. The summed E-state index contributed by atoms with van der Waals surface area (Å²) in [4.78, 5) is 24.4. The molecule has 0 fully saturated rings. The summed E-state index contributed by atoms with van der Waals surface area (Å²) >= 11 is 0.498. The van der Waals surface area contributed by atoms with Gasteiger partial charge in [0.1, 0.15) is 5.82 Å². The molecule has 0 aliphatic carbocycles. The quantitative estimate of drug-likeness (QED) is 0.607. The van der Waals surface area contributed by atoms with Crippen LogP contribution in [-0.4, -0.2) is 26.3 Å². The molecular formula is C15H15F4N3O2S. The van der Waals surface area contributed by atoms with E-state index in [0.717, 1.165) is 21.4 Å². The highest BCUT2D eigenvalue weighted by Crippen LogP contribution is 2.32. The summed E-state index contributed by atoms with van der Waals surface area (Å²) < 4.78 is 53.4. The number of aromatic nitrogens is 3. The van der Waals surface area contributed by atoms with Crippen LogP contribution in [0.2, 0.25) is 0 Å². The van der Waals surface area contributed by atoms with Crippen LogP contribution in [0.3, 0.4) is 0 Å². The highest BCUT2D eigenvalue weighted by atomic mass is 32.2. The van der Waals surface area contributed by atoms with Crippen LogP contribution in [-0.2, 0) is 13.6 Å². The van der Waals surface area contributed by atoms with E-state index >= 15 is 0 Å². The van der Waals surface area contributed by atoms with E-state index in [2.05, 4.69) is 5.10 Å². The van der Waals surface area contributed by atoms with Gasteiger partial charge in [0.25, 0.3) is 5.56 Å². The van der Waals surface area contributed by atoms with E-state index in [1.807, 2.05) is 0 Å². The zero-order valence-corrected chi connectivity index (χ0v) is 14.5. The molecule has 0 aliphatic rings. The lowest BCUT2D eigenvalue weighted by Gasteiger charge is -2.12. The molecule has 0 radical (unpaired) electrons. The molecule has 0 aliphatic heterocycles. The first kappa shape index (κ1) is 19.2. The fourth-order valence-electron chi connectivity index (χ4n) is 2.22. The van der Waals surface area contributed by atoms with Crippen molar-refractivity contribution in [1.82, 2.24) is 14.3 Å². The maximum Gasteiger partial charge on any atom is 0.398 e. The normalized spacial score (nSPS) is 11.8. The first-order valence-electron chi connectivity index (χ1n) is 7.23. The molecule has 2 rings (SSSR count). The highest BCUT2D eigenvalue weighted by Gasteiger charge is 2.28. The van der Waals surface area contributed by atoms with Crippen LogP contribution in [0, 0.1) is 12.7 Å². The van der Waals surface area contributed by atoms with Crippen molar-refractivity contribution in [2.75, 3.05) is 5.75 Å². The van der Waals surface area contributed by atoms with Crippen molar-refractivity contribution >= 4 is 11.8 Å². The molecule has 2 aromatic rings. The number of hydrogen-bond donors (Lipinski definition) is 0. The minimum atomic E-state index is -4.38. The summed E-state index contributed by atoms with van der Waals surface area (Å²) in [6.07, 6.45) is -4.38. The zero-order chi connectivity index (χ0) is 18.9. The van der Waals surface area contributed by atoms with Crippen LogP contribution in [0.4, 0.5) is 17.6 Å². The average molecular weight is 377 g/mol. The Hall–Kier alpha value is -2.10. The van der Waals surface area contributed by atoms with Crippen LogP contribution >= 0.6 is 11.8 Å². The van der Waals surface area contributed by atoms with Crippen molar-refractivity contribution in [3.63, 3.8) is 0 Å². The van der Waals surface area contributed by atoms with Gasteiger partial charge < -0.3 is 0 Å². The minimum absolute atomic E-state index is 0.0597. The van der Waals surface area contributed by atoms with E-state index in [0.29, 0.717) is 17.3 Å². The number of hydrogen-bond acceptors (Lipinski definition) is 4. The van der Waals surface area contributed by atoms with Gasteiger partial charge in [0.15, 0.2) is 5.69 Å². The second-order valence-electron chi connectivity index (χ2n) is 5.31. The Kier molecular flexibility index (Phi) is 5.40. The molecule has 1 aromatic carbocycles. The van der Waals surface area contributed by atoms with Crippen molar-refractivity contribution in [3.05, 3.63) is 44.4 Å². The standard InChI is InChI=1S/C15H15F4N3O2S/c1-4-22-13(23)12(20-21(3)14(22)24)9-6-11(8(2)5-10(9)16)25-7-15(17,18)19/h5-6H,4,7H2,1-3H3. The fourth-order valence-corrected chi connectivity index (χ4v) is 3.03. The van der Waals surface area contributed by atoms with Crippen LogP contribution in [0.25, 0.3) is 11.3 Å². The minimum Gasteiger partial charge on any atom is -0.267 e. The molecule has 136 valence electrons. The third-order valence-corrected chi connectivity index (χ3v) is 4.66. The number of rotatable bonds is 4. The highest BCUT2D eigenvalue weighted by molar-refractivity contribution is 7.99. The van der Waals surface area contributed by atoms with Crippen molar-refractivity contribution in [2.45, 2.75) is 31.5 Å². The Bertz CT molecular complexity index is 919. The Morgan fingerprint density at radius 2 is 1.88 bits per heavy atom. The molecule has 5 nitrogen and oxygen atoms in total. The Morgan fingerprint density at radius 3 is 2.44 bits per heavy atom. The molecule has 0 saturated heterocycles. The smallest absolute Gasteiger partial charge is 0.267 e.